The van der Waals surface area contributed by atoms with Crippen LogP contribution in [0.25, 0.3) is 0 Å². The Morgan fingerprint density at radius 1 is 1.04 bits per heavy atom. The molecule has 1 aliphatic heterocycles. The number of hydrogen-bond acceptors (Lipinski definition) is 10. The summed E-state index contributed by atoms with van der Waals surface area (Å²) in [5, 5.41) is 45.9. The molecule has 1 saturated heterocycles. The Morgan fingerprint density at radius 2 is 1.43 bits per heavy atom. The molecule has 13 N–H and O–H groups in total. The third kappa shape index (κ3) is 10.4. The molecule has 1 aliphatic rings. The standard InChI is InChI=1S/C6H13O10P.2Na.4H2O/c7-1-2-3(8)4(9)5(10)6(11,15-2)16-17(12,13)14;;;;;;/h2-5,7-11H,1H2,(H2,12,13,14);;;4*1H2/q;2*+1;;;;/p-2. The van der Waals surface area contributed by atoms with E-state index in [-0.39, 0.29) is 81.0 Å². The summed E-state index contributed by atoms with van der Waals surface area (Å²) >= 11 is 0. The SMILES string of the molecule is O.O.O.O.O=P([O-])([O-])OC1(O)OC(CO)C(O)C(O)C1O.[Na+].[Na+]. The van der Waals surface area contributed by atoms with Crippen molar-refractivity contribution in [3.63, 3.8) is 0 Å². The van der Waals surface area contributed by atoms with E-state index in [9.17, 15) is 34.8 Å². The maximum Gasteiger partial charge on any atom is 1.00 e. The molecule has 1 rings (SSSR count). The topological polar surface area (TPSA) is 309 Å². The zero-order chi connectivity index (χ0) is 13.4. The Kier molecular flexibility index (Phi) is 25.6. The van der Waals surface area contributed by atoms with E-state index in [1.54, 1.807) is 0 Å². The van der Waals surface area contributed by atoms with Crippen LogP contribution < -0.4 is 68.9 Å². The van der Waals surface area contributed by atoms with Gasteiger partial charge < -0.3 is 66.5 Å². The van der Waals surface area contributed by atoms with E-state index < -0.39 is 44.8 Å². The van der Waals surface area contributed by atoms with Crippen molar-refractivity contribution in [2.75, 3.05) is 6.61 Å². The number of hydrogen-bond donors (Lipinski definition) is 5. The van der Waals surface area contributed by atoms with E-state index >= 15 is 0 Å². The molecule has 0 radical (unpaired) electrons. The molecule has 0 aromatic carbocycles. The number of rotatable bonds is 3. The molecule has 17 heteroatoms. The molecule has 1 heterocycles. The largest absolute Gasteiger partial charge is 1.00 e. The Labute approximate surface area is 174 Å². The first-order chi connectivity index (χ1) is 7.60. The molecule has 0 saturated carbocycles. The number of ether oxygens (including phenoxy) is 1. The summed E-state index contributed by atoms with van der Waals surface area (Å²) in [4.78, 5) is 20.7. The van der Waals surface area contributed by atoms with E-state index in [1.165, 1.54) is 0 Å². The molecule has 23 heavy (non-hydrogen) atoms. The van der Waals surface area contributed by atoms with Crippen LogP contribution in [-0.2, 0) is 13.8 Å². The van der Waals surface area contributed by atoms with Gasteiger partial charge in [0.05, 0.1) is 14.4 Å². The molecule has 5 atom stereocenters. The van der Waals surface area contributed by atoms with Gasteiger partial charge in [-0.1, -0.05) is 0 Å². The fourth-order valence-electron chi connectivity index (χ4n) is 1.36. The van der Waals surface area contributed by atoms with Crippen molar-refractivity contribution in [3.8, 4) is 0 Å². The van der Waals surface area contributed by atoms with Crippen LogP contribution in [0.2, 0.25) is 0 Å². The molecule has 1 fully saturated rings. The Bertz CT molecular complexity index is 326. The summed E-state index contributed by atoms with van der Waals surface area (Å²) in [6.45, 7) is -0.918. The molecule has 0 aliphatic carbocycles. The fourth-order valence-corrected chi connectivity index (χ4v) is 1.83. The van der Waals surface area contributed by atoms with Crippen molar-refractivity contribution < 1.29 is 130 Å². The smallest absolute Gasteiger partial charge is 0.790 e. The number of phosphoric acid groups is 1. The van der Waals surface area contributed by atoms with Crippen LogP contribution in [0.4, 0.5) is 0 Å². The van der Waals surface area contributed by atoms with E-state index in [1.807, 2.05) is 0 Å². The molecular formula is C6H19Na2O14P. The number of phosphoric ester groups is 1. The summed E-state index contributed by atoms with van der Waals surface area (Å²) < 4.78 is 18.2. The molecule has 134 valence electrons. The maximum atomic E-state index is 10.3. The van der Waals surface area contributed by atoms with Gasteiger partial charge in [-0.15, -0.1) is 0 Å². The zero-order valence-corrected chi connectivity index (χ0v) is 17.1. The quantitative estimate of drug-likeness (QED) is 0.171. The van der Waals surface area contributed by atoms with Crippen LogP contribution in [0.1, 0.15) is 0 Å². The van der Waals surface area contributed by atoms with Crippen LogP contribution in [0.3, 0.4) is 0 Å². The molecular weight excluding hydrogens is 373 g/mol. The number of aliphatic hydroxyl groups is 5. The summed E-state index contributed by atoms with van der Waals surface area (Å²) in [5.74, 6) is -3.36. The van der Waals surface area contributed by atoms with Crippen molar-refractivity contribution >= 4 is 7.82 Å². The summed E-state index contributed by atoms with van der Waals surface area (Å²) in [7, 11) is -5.73. The van der Waals surface area contributed by atoms with E-state index in [2.05, 4.69) is 9.26 Å². The summed E-state index contributed by atoms with van der Waals surface area (Å²) in [6.07, 6.45) is -7.91. The Morgan fingerprint density at radius 3 is 1.74 bits per heavy atom. The summed E-state index contributed by atoms with van der Waals surface area (Å²) in [5.41, 5.74) is 0. The first-order valence-electron chi connectivity index (χ1n) is 4.39. The van der Waals surface area contributed by atoms with Gasteiger partial charge in [0.2, 0.25) is 0 Å². The predicted octanol–water partition coefficient (Wildman–Crippen LogP) is -14.3. The van der Waals surface area contributed by atoms with Crippen LogP contribution in [0.15, 0.2) is 0 Å². The van der Waals surface area contributed by atoms with Gasteiger partial charge in [0.1, 0.15) is 18.3 Å². The van der Waals surface area contributed by atoms with Crippen molar-refractivity contribution in [1.29, 1.82) is 0 Å². The molecule has 0 aromatic heterocycles. The molecule has 0 aromatic rings. The molecule has 0 amide bonds. The minimum atomic E-state index is -5.73. The zero-order valence-electron chi connectivity index (χ0n) is 12.2. The third-order valence-electron chi connectivity index (χ3n) is 2.17. The first kappa shape index (κ1) is 39.7. The molecule has 0 bridgehead atoms. The monoisotopic (exact) mass is 392 g/mol. The average Bonchev–Trinajstić information content (AvgIpc) is 2.18. The second-order valence-electron chi connectivity index (χ2n) is 3.43. The first-order valence-corrected chi connectivity index (χ1v) is 5.85. The average molecular weight is 392 g/mol. The van der Waals surface area contributed by atoms with E-state index in [0.29, 0.717) is 0 Å². The minimum absolute atomic E-state index is 0. The fraction of sp³-hybridized carbons (Fsp3) is 1.00. The Hall–Kier alpha value is 1.71. The van der Waals surface area contributed by atoms with Gasteiger partial charge in [-0.25, -0.2) is 0 Å². The molecule has 5 unspecified atom stereocenters. The van der Waals surface area contributed by atoms with Gasteiger partial charge in [-0.2, -0.15) is 0 Å². The minimum Gasteiger partial charge on any atom is -0.790 e. The van der Waals surface area contributed by atoms with Gasteiger partial charge in [-0.3, -0.25) is 4.52 Å². The third-order valence-corrected chi connectivity index (χ3v) is 2.66. The second kappa shape index (κ2) is 14.8. The van der Waals surface area contributed by atoms with Gasteiger partial charge in [0.25, 0.3) is 0 Å². The van der Waals surface area contributed by atoms with Gasteiger partial charge in [0.15, 0.2) is 6.10 Å². The van der Waals surface area contributed by atoms with Crippen LogP contribution in [0.5, 0.6) is 0 Å². The van der Waals surface area contributed by atoms with Crippen molar-refractivity contribution in [2.45, 2.75) is 30.4 Å². The Balaban J connectivity index is -0.000000120. The van der Waals surface area contributed by atoms with Crippen LogP contribution >= 0.6 is 7.82 Å². The van der Waals surface area contributed by atoms with Crippen molar-refractivity contribution in [2.24, 2.45) is 0 Å². The van der Waals surface area contributed by atoms with Crippen LogP contribution in [0, 0.1) is 0 Å². The second-order valence-corrected chi connectivity index (χ2v) is 4.51. The van der Waals surface area contributed by atoms with Crippen molar-refractivity contribution in [3.05, 3.63) is 0 Å². The van der Waals surface area contributed by atoms with E-state index in [4.69, 9.17) is 5.11 Å². The van der Waals surface area contributed by atoms with Gasteiger partial charge >= 0.3 is 65.1 Å². The van der Waals surface area contributed by atoms with E-state index in [0.717, 1.165) is 0 Å². The van der Waals surface area contributed by atoms with Crippen LogP contribution in [-0.4, -0.2) is 84.4 Å². The molecule has 0 spiro atoms. The maximum absolute atomic E-state index is 10.3. The normalized spacial score (nSPS) is 32.3. The predicted molar refractivity (Wildman–Crippen MR) is 58.1 cm³/mol. The number of aliphatic hydroxyl groups excluding tert-OH is 4. The van der Waals surface area contributed by atoms with Gasteiger partial charge in [0, 0.05) is 0 Å². The van der Waals surface area contributed by atoms with Gasteiger partial charge in [-0.05, 0) is 0 Å². The van der Waals surface area contributed by atoms with Crippen molar-refractivity contribution in [1.82, 2.24) is 0 Å². The summed E-state index contributed by atoms with van der Waals surface area (Å²) in [6, 6.07) is 0. The molecule has 14 nitrogen and oxygen atoms in total.